The van der Waals surface area contributed by atoms with Crippen molar-refractivity contribution in [1.29, 1.82) is 0 Å². The third-order valence-electron chi connectivity index (χ3n) is 4.66. The molecular weight excluding hydrogens is 396 g/mol. The van der Waals surface area contributed by atoms with Crippen LogP contribution in [0.2, 0.25) is 0 Å². The number of fused-ring (bicyclic) bond motifs is 2. The second-order valence-electron chi connectivity index (χ2n) is 6.44. The van der Waals surface area contributed by atoms with Crippen LogP contribution in [-0.2, 0) is 6.54 Å². The molecule has 2 aliphatic rings. The predicted molar refractivity (Wildman–Crippen MR) is 116 cm³/mol. The van der Waals surface area contributed by atoms with Crippen molar-refractivity contribution >= 4 is 46.0 Å². The van der Waals surface area contributed by atoms with Gasteiger partial charge in [-0.2, -0.15) is 5.10 Å². The number of amidine groups is 1. The number of para-hydroxylation sites is 1. The number of ether oxygens (including phenoxy) is 2. The summed E-state index contributed by atoms with van der Waals surface area (Å²) in [4.78, 5) is 8.07. The second kappa shape index (κ2) is 7.77. The van der Waals surface area contributed by atoms with Crippen LogP contribution in [0.25, 0.3) is 10.9 Å². The van der Waals surface area contributed by atoms with Crippen molar-refractivity contribution in [2.75, 3.05) is 12.5 Å². The topological polar surface area (TPSA) is 71.0 Å². The zero-order valence-electron chi connectivity index (χ0n) is 15.2. The van der Waals surface area contributed by atoms with Crippen LogP contribution in [-0.4, -0.2) is 28.4 Å². The predicted octanol–water partition coefficient (Wildman–Crippen LogP) is 4.22. The number of H-pyrrole nitrogens is 1. The second-order valence-corrected chi connectivity index (χ2v) is 7.40. The van der Waals surface area contributed by atoms with Crippen LogP contribution >= 0.6 is 24.2 Å². The maximum Gasteiger partial charge on any atom is 0.231 e. The molecular formula is C20H19ClN4O2S. The number of nitrogens with one attached hydrogen (secondary N) is 2. The van der Waals surface area contributed by atoms with Crippen molar-refractivity contribution in [3.63, 3.8) is 0 Å². The van der Waals surface area contributed by atoms with Crippen molar-refractivity contribution in [2.24, 2.45) is 10.1 Å². The van der Waals surface area contributed by atoms with Gasteiger partial charge < -0.3 is 14.5 Å². The van der Waals surface area contributed by atoms with Crippen LogP contribution in [0.1, 0.15) is 16.8 Å². The minimum absolute atomic E-state index is 0. The maximum atomic E-state index is 5.42. The molecule has 0 fully saturated rings. The highest BCUT2D eigenvalue weighted by Gasteiger charge is 2.19. The van der Waals surface area contributed by atoms with Crippen LogP contribution < -0.4 is 14.9 Å². The molecule has 0 aliphatic carbocycles. The van der Waals surface area contributed by atoms with Gasteiger partial charge in [0, 0.05) is 27.9 Å². The lowest BCUT2D eigenvalue weighted by molar-refractivity contribution is 0.174. The van der Waals surface area contributed by atoms with Gasteiger partial charge in [-0.3, -0.25) is 10.4 Å². The molecule has 28 heavy (non-hydrogen) atoms. The van der Waals surface area contributed by atoms with Gasteiger partial charge >= 0.3 is 0 Å². The van der Waals surface area contributed by atoms with Crippen molar-refractivity contribution in [1.82, 2.24) is 10.4 Å². The molecule has 0 atom stereocenters. The Bertz CT molecular complexity index is 1090. The Labute approximate surface area is 172 Å². The first-order valence-electron chi connectivity index (χ1n) is 8.74. The van der Waals surface area contributed by atoms with Gasteiger partial charge in [0.2, 0.25) is 6.79 Å². The minimum atomic E-state index is 0. The maximum absolute atomic E-state index is 5.42. The summed E-state index contributed by atoms with van der Waals surface area (Å²) in [5.41, 5.74) is 8.68. The number of hydrogen-bond donors (Lipinski definition) is 2. The Balaban J connectivity index is 0.00000192. The fourth-order valence-electron chi connectivity index (χ4n) is 3.38. The van der Waals surface area contributed by atoms with E-state index < -0.39 is 0 Å². The normalized spacial score (nSPS) is 16.6. The largest absolute Gasteiger partial charge is 0.454 e. The molecule has 1 aromatic heterocycles. The summed E-state index contributed by atoms with van der Waals surface area (Å²) >= 11 is 1.67. The summed E-state index contributed by atoms with van der Waals surface area (Å²) < 4.78 is 10.8. The van der Waals surface area contributed by atoms with Gasteiger partial charge in [0.25, 0.3) is 0 Å². The molecule has 2 N–H and O–H groups in total. The Morgan fingerprint density at radius 3 is 2.86 bits per heavy atom. The fourth-order valence-corrected chi connectivity index (χ4v) is 4.12. The highest BCUT2D eigenvalue weighted by molar-refractivity contribution is 8.14. The lowest BCUT2D eigenvalue weighted by Crippen LogP contribution is -2.25. The van der Waals surface area contributed by atoms with Gasteiger partial charge in [0.1, 0.15) is 0 Å². The van der Waals surface area contributed by atoms with E-state index in [0.717, 1.165) is 44.9 Å². The van der Waals surface area contributed by atoms with E-state index >= 15 is 0 Å². The molecule has 3 aromatic rings. The zero-order valence-corrected chi connectivity index (χ0v) is 16.8. The molecule has 5 rings (SSSR count). The minimum Gasteiger partial charge on any atom is -0.454 e. The molecule has 0 bridgehead atoms. The van der Waals surface area contributed by atoms with Gasteiger partial charge in [-0.15, -0.1) is 12.4 Å². The summed E-state index contributed by atoms with van der Waals surface area (Å²) in [6, 6.07) is 14.2. The first kappa shape index (κ1) is 18.7. The molecule has 8 heteroatoms. The van der Waals surface area contributed by atoms with E-state index in [0.29, 0.717) is 6.54 Å². The molecule has 0 saturated heterocycles. The zero-order chi connectivity index (χ0) is 18.2. The molecule has 2 aliphatic heterocycles. The number of thioether (sulfide) groups is 1. The first-order chi connectivity index (χ1) is 13.3. The summed E-state index contributed by atoms with van der Waals surface area (Å²) in [5, 5.41) is 6.62. The molecule has 0 saturated carbocycles. The van der Waals surface area contributed by atoms with Gasteiger partial charge in [-0.25, -0.2) is 0 Å². The molecule has 0 spiro atoms. The van der Waals surface area contributed by atoms with Crippen molar-refractivity contribution in [3.05, 3.63) is 59.3 Å². The van der Waals surface area contributed by atoms with E-state index in [-0.39, 0.29) is 19.2 Å². The van der Waals surface area contributed by atoms with Gasteiger partial charge in [0.05, 0.1) is 12.3 Å². The Kier molecular flexibility index (Phi) is 5.19. The lowest BCUT2D eigenvalue weighted by Gasteiger charge is -2.15. The van der Waals surface area contributed by atoms with Gasteiger partial charge in [0.15, 0.2) is 16.7 Å². The lowest BCUT2D eigenvalue weighted by atomic mass is 10.1. The van der Waals surface area contributed by atoms with E-state index in [1.165, 1.54) is 10.9 Å². The molecule has 0 amide bonds. The third kappa shape index (κ3) is 3.43. The van der Waals surface area contributed by atoms with Crippen molar-refractivity contribution in [3.8, 4) is 11.5 Å². The number of aryl methyl sites for hydroxylation is 1. The number of hydrogen-bond acceptors (Lipinski definition) is 5. The summed E-state index contributed by atoms with van der Waals surface area (Å²) in [6.07, 6.45) is 0. The third-order valence-corrected chi connectivity index (χ3v) is 5.57. The number of nitrogens with zero attached hydrogens (tertiary/aromatic N) is 2. The summed E-state index contributed by atoms with van der Waals surface area (Å²) in [7, 11) is 0. The number of benzene rings is 2. The fraction of sp³-hybridized carbons (Fsp3) is 0.200. The smallest absolute Gasteiger partial charge is 0.231 e. The Hall–Kier alpha value is -2.64. The number of hydrazone groups is 1. The Morgan fingerprint density at radius 1 is 1.14 bits per heavy atom. The van der Waals surface area contributed by atoms with Gasteiger partial charge in [-0.05, 0) is 30.7 Å². The van der Waals surface area contributed by atoms with E-state index in [1.807, 2.05) is 24.3 Å². The van der Waals surface area contributed by atoms with Crippen molar-refractivity contribution < 1.29 is 9.47 Å². The number of aromatic nitrogens is 1. The van der Waals surface area contributed by atoms with E-state index in [9.17, 15) is 0 Å². The van der Waals surface area contributed by atoms with Crippen LogP contribution in [0.4, 0.5) is 0 Å². The van der Waals surface area contributed by atoms with Crippen LogP contribution in [0.3, 0.4) is 0 Å². The van der Waals surface area contributed by atoms with Crippen LogP contribution in [0.5, 0.6) is 11.5 Å². The van der Waals surface area contributed by atoms with E-state index in [1.54, 1.807) is 11.8 Å². The molecule has 0 radical (unpaired) electrons. The highest BCUT2D eigenvalue weighted by Crippen LogP contribution is 2.32. The molecule has 3 heterocycles. The SMILES string of the molecule is Cc1[nH]c2ccccc2c1C1=NNC(=NCc2ccc3c(c2)OCO3)SC1.Cl. The summed E-state index contributed by atoms with van der Waals surface area (Å²) in [6.45, 7) is 2.95. The van der Waals surface area contributed by atoms with E-state index in [4.69, 9.17) is 9.47 Å². The monoisotopic (exact) mass is 414 g/mol. The average molecular weight is 415 g/mol. The Morgan fingerprint density at radius 2 is 2.00 bits per heavy atom. The average Bonchev–Trinajstić information content (AvgIpc) is 3.29. The van der Waals surface area contributed by atoms with Crippen molar-refractivity contribution in [2.45, 2.75) is 13.5 Å². The van der Waals surface area contributed by atoms with E-state index in [2.05, 4.69) is 45.6 Å². The molecule has 0 unspecified atom stereocenters. The number of halogens is 1. The first-order valence-corrected chi connectivity index (χ1v) is 9.72. The molecule has 2 aromatic carbocycles. The quantitative estimate of drug-likeness (QED) is 0.673. The molecule has 144 valence electrons. The summed E-state index contributed by atoms with van der Waals surface area (Å²) in [5.74, 6) is 2.36. The number of rotatable bonds is 3. The standard InChI is InChI=1S/C20H18N4O2S.ClH/c1-12-19(14-4-2-3-5-15(14)22-12)16-10-27-20(24-23-16)21-9-13-6-7-17-18(8-13)26-11-25-17;/h2-8,22H,9-11H2,1H3,(H,21,24);1H. The highest BCUT2D eigenvalue weighted by atomic mass is 35.5. The van der Waals surface area contributed by atoms with Crippen LogP contribution in [0, 0.1) is 6.92 Å². The van der Waals surface area contributed by atoms with Crippen LogP contribution in [0.15, 0.2) is 52.6 Å². The van der Waals surface area contributed by atoms with Gasteiger partial charge in [-0.1, -0.05) is 36.0 Å². The number of aliphatic imine (C=N–C) groups is 1. The number of aromatic amines is 1. The molecule has 6 nitrogen and oxygen atoms in total.